The van der Waals surface area contributed by atoms with Gasteiger partial charge in [0.05, 0.1) is 17.9 Å². The second kappa shape index (κ2) is 11.5. The topological polar surface area (TPSA) is 59.1 Å². The molecule has 2 aromatic carbocycles. The Hall–Kier alpha value is -2.42. The Morgan fingerprint density at radius 1 is 1.15 bits per heavy atom. The second-order valence-corrected chi connectivity index (χ2v) is 17.8. The molecule has 1 unspecified atom stereocenters. The van der Waals surface area contributed by atoms with E-state index in [1.165, 1.54) is 12.1 Å². The highest BCUT2D eigenvalue weighted by molar-refractivity contribution is 6.74. The predicted octanol–water partition coefficient (Wildman–Crippen LogP) is 6.60. The number of nitrogens with zero attached hydrogens (tertiary/aromatic N) is 2. The maximum atomic E-state index is 14.2. The molecule has 2 heterocycles. The summed E-state index contributed by atoms with van der Waals surface area (Å²) < 4.78 is 26.1. The van der Waals surface area contributed by atoms with Gasteiger partial charge in [0.15, 0.2) is 0 Å². The van der Waals surface area contributed by atoms with Crippen molar-refractivity contribution in [1.82, 2.24) is 4.90 Å². The number of rotatable bonds is 8. The van der Waals surface area contributed by atoms with Crippen LogP contribution in [-0.4, -0.2) is 58.4 Å². The molecular formula is C31H42ClFN2O4Si. The fraction of sp³-hybridized carbons (Fsp3) is 0.548. The molecule has 2 aliphatic heterocycles. The molecule has 0 aliphatic carbocycles. The fourth-order valence-corrected chi connectivity index (χ4v) is 6.83. The van der Waals surface area contributed by atoms with Crippen molar-refractivity contribution in [3.8, 4) is 5.75 Å². The molecule has 0 aromatic heterocycles. The quantitative estimate of drug-likeness (QED) is 0.257. The number of halogens is 2. The molecule has 0 bridgehead atoms. The second-order valence-electron chi connectivity index (χ2n) is 12.7. The number of fused-ring (bicyclic) bond motifs is 2. The third kappa shape index (κ3) is 5.95. The molecule has 6 nitrogen and oxygen atoms in total. The van der Waals surface area contributed by atoms with E-state index in [9.17, 15) is 14.0 Å². The van der Waals surface area contributed by atoms with E-state index in [0.29, 0.717) is 50.5 Å². The number of hydrogen-bond acceptors (Lipinski definition) is 5. The van der Waals surface area contributed by atoms with Crippen molar-refractivity contribution in [3.05, 3.63) is 58.4 Å². The summed E-state index contributed by atoms with van der Waals surface area (Å²) >= 11 is 6.62. The van der Waals surface area contributed by atoms with Gasteiger partial charge in [-0.05, 0) is 105 Å². The van der Waals surface area contributed by atoms with Gasteiger partial charge < -0.3 is 19.0 Å². The number of carbonyl (C=O) groups excluding carboxylic acids is 2. The summed E-state index contributed by atoms with van der Waals surface area (Å²) in [6.07, 6.45) is 1.56. The average Bonchev–Trinajstić information content (AvgIpc) is 3.07. The largest absolute Gasteiger partial charge is 0.543 e. The van der Waals surface area contributed by atoms with Crippen LogP contribution in [-0.2, 0) is 26.2 Å². The molecule has 1 atom stereocenters. The first-order valence-electron chi connectivity index (χ1n) is 14.1. The van der Waals surface area contributed by atoms with Crippen LogP contribution >= 0.6 is 11.6 Å². The van der Waals surface area contributed by atoms with E-state index in [4.69, 9.17) is 20.8 Å². The molecule has 1 spiro atoms. The third-order valence-corrected chi connectivity index (χ3v) is 13.7. The van der Waals surface area contributed by atoms with Gasteiger partial charge in [0.2, 0.25) is 14.2 Å². The van der Waals surface area contributed by atoms with Crippen LogP contribution < -0.4 is 9.33 Å². The number of anilines is 1. The summed E-state index contributed by atoms with van der Waals surface area (Å²) in [5, 5.41) is 0.640. The Balaban J connectivity index is 1.51. The van der Waals surface area contributed by atoms with E-state index in [0.717, 1.165) is 22.6 Å². The first-order chi connectivity index (χ1) is 18.7. The molecule has 0 N–H and O–H groups in total. The van der Waals surface area contributed by atoms with E-state index >= 15 is 0 Å². The number of esters is 1. The third-order valence-electron chi connectivity index (χ3n) is 9.02. The number of likely N-dealkylation sites (tertiary alicyclic amines) is 1. The van der Waals surface area contributed by atoms with Gasteiger partial charge in [-0.15, -0.1) is 0 Å². The van der Waals surface area contributed by atoms with Crippen LogP contribution in [0, 0.1) is 11.7 Å². The van der Waals surface area contributed by atoms with Gasteiger partial charge in [-0.1, -0.05) is 32.4 Å². The summed E-state index contributed by atoms with van der Waals surface area (Å²) in [5.41, 5.74) is 1.67. The summed E-state index contributed by atoms with van der Waals surface area (Å²) in [7, 11) is -0.295. The number of likely N-dealkylation sites (N-methyl/N-ethyl adjacent to an activating group) is 1. The first kappa shape index (κ1) is 30.5. The summed E-state index contributed by atoms with van der Waals surface area (Å²) in [6.45, 7) is 14.8. The van der Waals surface area contributed by atoms with Crippen LogP contribution in [0.5, 0.6) is 5.75 Å². The highest BCUT2D eigenvalue weighted by atomic mass is 35.5. The van der Waals surface area contributed by atoms with Crippen molar-refractivity contribution in [2.45, 2.75) is 70.5 Å². The molecule has 2 aromatic rings. The monoisotopic (exact) mass is 588 g/mol. The maximum absolute atomic E-state index is 14.2. The van der Waals surface area contributed by atoms with E-state index < -0.39 is 19.7 Å². The van der Waals surface area contributed by atoms with Gasteiger partial charge in [-0.3, -0.25) is 9.59 Å². The van der Waals surface area contributed by atoms with Gasteiger partial charge in [0.1, 0.15) is 11.6 Å². The van der Waals surface area contributed by atoms with Crippen molar-refractivity contribution < 1.29 is 23.1 Å². The molecular weight excluding hydrogens is 547 g/mol. The summed E-state index contributed by atoms with van der Waals surface area (Å²) in [5.74, 6) is -0.244. The maximum Gasteiger partial charge on any atom is 0.310 e. The minimum atomic E-state index is -2.05. The molecule has 1 amide bonds. The zero-order valence-electron chi connectivity index (χ0n) is 24.8. The number of amides is 1. The Morgan fingerprint density at radius 2 is 1.82 bits per heavy atom. The molecule has 218 valence electrons. The molecule has 9 heteroatoms. The van der Waals surface area contributed by atoms with Gasteiger partial charge in [0, 0.05) is 24.3 Å². The molecule has 40 heavy (non-hydrogen) atoms. The van der Waals surface area contributed by atoms with Crippen LogP contribution in [0.25, 0.3) is 0 Å². The van der Waals surface area contributed by atoms with Gasteiger partial charge in [-0.2, -0.15) is 0 Å². The van der Waals surface area contributed by atoms with Gasteiger partial charge in [-0.25, -0.2) is 4.39 Å². The van der Waals surface area contributed by atoms with Crippen LogP contribution in [0.4, 0.5) is 10.1 Å². The zero-order valence-corrected chi connectivity index (χ0v) is 26.5. The number of hydrogen-bond donors (Lipinski definition) is 0. The summed E-state index contributed by atoms with van der Waals surface area (Å²) in [6, 6.07) is 10.3. The van der Waals surface area contributed by atoms with E-state index in [2.05, 4.69) is 38.8 Å². The number of piperidine rings is 1. The van der Waals surface area contributed by atoms with E-state index in [1.54, 1.807) is 24.9 Å². The number of benzene rings is 2. The summed E-state index contributed by atoms with van der Waals surface area (Å²) in [4.78, 5) is 30.3. The Morgan fingerprint density at radius 3 is 2.45 bits per heavy atom. The molecule has 2 aliphatic rings. The van der Waals surface area contributed by atoms with Crippen molar-refractivity contribution in [1.29, 1.82) is 0 Å². The predicted molar refractivity (Wildman–Crippen MR) is 160 cm³/mol. The SMILES string of the molecule is CCOC(=O)C(Cc1cc(O[Si](C)(C)C(C)(C)C)ccc1Cl)CN1CCC2(CC1)C(=O)N(C)c1ccc(F)cc12. The molecule has 4 rings (SSSR count). The van der Waals surface area contributed by atoms with Crippen LogP contribution in [0.2, 0.25) is 23.2 Å². The van der Waals surface area contributed by atoms with Crippen molar-refractivity contribution >= 4 is 37.5 Å². The normalized spacial score (nSPS) is 18.1. The molecule has 1 fully saturated rings. The number of ether oxygens (including phenoxy) is 1. The average molecular weight is 589 g/mol. The first-order valence-corrected chi connectivity index (χ1v) is 17.4. The lowest BCUT2D eigenvalue weighted by atomic mass is 9.73. The standard InChI is InChI=1S/C31H42ClFN2O4Si/c1-8-38-28(36)22(17-21-18-24(10-11-26(21)32)39-40(6,7)30(2,3)4)20-35-15-13-31(14-16-35)25-19-23(33)9-12-27(25)34(5)29(31)37/h9-12,18-19,22H,8,13-17,20H2,1-7H3. The number of carbonyl (C=O) groups is 2. The smallest absolute Gasteiger partial charge is 0.310 e. The Kier molecular flexibility index (Phi) is 8.74. The van der Waals surface area contributed by atoms with Gasteiger partial charge >= 0.3 is 5.97 Å². The van der Waals surface area contributed by atoms with Crippen LogP contribution in [0.3, 0.4) is 0 Å². The lowest BCUT2D eigenvalue weighted by Gasteiger charge is -2.39. The highest BCUT2D eigenvalue weighted by Gasteiger charge is 2.51. The van der Waals surface area contributed by atoms with Crippen molar-refractivity contribution in [2.75, 3.05) is 38.2 Å². The van der Waals surface area contributed by atoms with E-state index in [1.807, 2.05) is 18.2 Å². The van der Waals surface area contributed by atoms with Crippen LogP contribution in [0.15, 0.2) is 36.4 Å². The minimum Gasteiger partial charge on any atom is -0.543 e. The zero-order chi connectivity index (χ0) is 29.5. The molecule has 0 radical (unpaired) electrons. The molecule has 1 saturated heterocycles. The lowest BCUT2D eigenvalue weighted by Crippen LogP contribution is -2.49. The molecule has 0 saturated carbocycles. The Labute approximate surface area is 243 Å². The Bertz CT molecular complexity index is 1270. The fourth-order valence-electron chi connectivity index (χ4n) is 5.61. The highest BCUT2D eigenvalue weighted by Crippen LogP contribution is 2.47. The van der Waals surface area contributed by atoms with E-state index in [-0.39, 0.29) is 22.7 Å². The van der Waals surface area contributed by atoms with Gasteiger partial charge in [0.25, 0.3) is 0 Å². The van der Waals surface area contributed by atoms with Crippen LogP contribution in [0.1, 0.15) is 51.7 Å². The lowest BCUT2D eigenvalue weighted by molar-refractivity contribution is -0.149. The van der Waals surface area contributed by atoms with Crippen molar-refractivity contribution in [3.63, 3.8) is 0 Å². The van der Waals surface area contributed by atoms with Crippen molar-refractivity contribution in [2.24, 2.45) is 5.92 Å². The minimum absolute atomic E-state index is 0.0139.